The number of pyridine rings is 1. The standard InChI is InChI=1S/C22H27N5OS/c1-14-2-7-18-19(24)20(29-22(18)26-14)21(28)25-11-8-15-3-5-17(6-4-15)27-12-9-16(23)10-13-27/h2-7,16H,8-13,23-24H2,1H3,(H,25,28). The van der Waals surface area contributed by atoms with Gasteiger partial charge in [-0.25, -0.2) is 4.98 Å². The lowest BCUT2D eigenvalue weighted by Gasteiger charge is -2.32. The molecule has 0 unspecified atom stereocenters. The topological polar surface area (TPSA) is 97.3 Å². The van der Waals surface area contributed by atoms with Gasteiger partial charge in [-0.3, -0.25) is 4.79 Å². The summed E-state index contributed by atoms with van der Waals surface area (Å²) in [5.41, 5.74) is 16.0. The maximum Gasteiger partial charge on any atom is 0.263 e. The van der Waals surface area contributed by atoms with Gasteiger partial charge in [-0.2, -0.15) is 0 Å². The number of rotatable bonds is 5. The van der Waals surface area contributed by atoms with Crippen LogP contribution in [0.25, 0.3) is 10.2 Å². The van der Waals surface area contributed by atoms with Crippen LogP contribution in [-0.4, -0.2) is 36.6 Å². The highest BCUT2D eigenvalue weighted by Gasteiger charge is 2.18. The number of thiophene rings is 1. The van der Waals surface area contributed by atoms with Crippen molar-refractivity contribution in [2.45, 2.75) is 32.2 Å². The minimum Gasteiger partial charge on any atom is -0.397 e. The number of benzene rings is 1. The molecule has 0 bridgehead atoms. The minimum atomic E-state index is -0.135. The Kier molecular flexibility index (Phi) is 5.69. The van der Waals surface area contributed by atoms with Crippen LogP contribution in [0.15, 0.2) is 36.4 Å². The third kappa shape index (κ3) is 4.36. The summed E-state index contributed by atoms with van der Waals surface area (Å²) in [6.45, 7) is 4.53. The molecule has 7 heteroatoms. The molecular weight excluding hydrogens is 382 g/mol. The summed E-state index contributed by atoms with van der Waals surface area (Å²) < 4.78 is 0. The number of hydrogen-bond donors (Lipinski definition) is 3. The summed E-state index contributed by atoms with van der Waals surface area (Å²) in [5.74, 6) is -0.135. The third-order valence-corrected chi connectivity index (χ3v) is 6.59. The fourth-order valence-electron chi connectivity index (χ4n) is 3.69. The number of fused-ring (bicyclic) bond motifs is 1. The largest absolute Gasteiger partial charge is 0.397 e. The molecule has 2 aromatic heterocycles. The van der Waals surface area contributed by atoms with Crippen LogP contribution in [0.4, 0.5) is 11.4 Å². The number of hydrogen-bond acceptors (Lipinski definition) is 6. The van der Waals surface area contributed by atoms with Gasteiger partial charge in [-0.05, 0) is 56.0 Å². The molecule has 6 nitrogen and oxygen atoms in total. The van der Waals surface area contributed by atoms with Crippen LogP contribution in [0.3, 0.4) is 0 Å². The van der Waals surface area contributed by atoms with Crippen LogP contribution >= 0.6 is 11.3 Å². The number of carbonyl (C=O) groups is 1. The minimum absolute atomic E-state index is 0.135. The number of amides is 1. The number of piperidine rings is 1. The Morgan fingerprint density at radius 3 is 2.66 bits per heavy atom. The number of anilines is 2. The second-order valence-corrected chi connectivity index (χ2v) is 8.65. The van der Waals surface area contributed by atoms with Crippen LogP contribution in [0.2, 0.25) is 0 Å². The quantitative estimate of drug-likeness (QED) is 0.602. The monoisotopic (exact) mass is 409 g/mol. The molecule has 4 rings (SSSR count). The van der Waals surface area contributed by atoms with Gasteiger partial charge in [0.1, 0.15) is 9.71 Å². The van der Waals surface area contributed by atoms with Crippen LogP contribution in [0.5, 0.6) is 0 Å². The van der Waals surface area contributed by atoms with Gasteiger partial charge in [0.2, 0.25) is 0 Å². The highest BCUT2D eigenvalue weighted by molar-refractivity contribution is 7.21. The molecule has 29 heavy (non-hydrogen) atoms. The van der Waals surface area contributed by atoms with Gasteiger partial charge in [0.05, 0.1) is 5.69 Å². The van der Waals surface area contributed by atoms with E-state index in [1.54, 1.807) is 0 Å². The maximum atomic E-state index is 12.6. The Balaban J connectivity index is 1.33. The van der Waals surface area contributed by atoms with Crippen molar-refractivity contribution in [2.24, 2.45) is 5.73 Å². The van der Waals surface area contributed by atoms with E-state index in [4.69, 9.17) is 11.5 Å². The number of nitrogens with one attached hydrogen (secondary N) is 1. The van der Waals surface area contributed by atoms with Gasteiger partial charge < -0.3 is 21.7 Å². The number of aromatic nitrogens is 1. The summed E-state index contributed by atoms with van der Waals surface area (Å²) in [6.07, 6.45) is 2.87. The average molecular weight is 410 g/mol. The molecule has 1 aliphatic heterocycles. The molecular formula is C22H27N5OS. The third-order valence-electron chi connectivity index (χ3n) is 5.48. The predicted molar refractivity (Wildman–Crippen MR) is 121 cm³/mol. The first kappa shape index (κ1) is 19.7. The first-order valence-electron chi connectivity index (χ1n) is 10.0. The highest BCUT2D eigenvalue weighted by Crippen LogP contribution is 2.32. The van der Waals surface area contributed by atoms with Gasteiger partial charge in [-0.1, -0.05) is 12.1 Å². The summed E-state index contributed by atoms with van der Waals surface area (Å²) in [4.78, 5) is 20.8. The molecule has 0 atom stereocenters. The molecule has 0 spiro atoms. The normalized spacial score (nSPS) is 15.0. The van der Waals surface area contributed by atoms with E-state index < -0.39 is 0 Å². The van der Waals surface area contributed by atoms with Gasteiger partial charge in [0.15, 0.2) is 0 Å². The van der Waals surface area contributed by atoms with E-state index in [0.29, 0.717) is 23.2 Å². The summed E-state index contributed by atoms with van der Waals surface area (Å²) >= 11 is 1.35. The molecule has 0 aliphatic carbocycles. The second kappa shape index (κ2) is 8.39. The van der Waals surface area contributed by atoms with Crippen molar-refractivity contribution >= 4 is 38.8 Å². The van der Waals surface area contributed by atoms with E-state index in [1.807, 2.05) is 19.1 Å². The molecule has 0 saturated carbocycles. The Hall–Kier alpha value is -2.64. The van der Waals surface area contributed by atoms with Gasteiger partial charge in [-0.15, -0.1) is 11.3 Å². The Morgan fingerprint density at radius 2 is 1.93 bits per heavy atom. The fraction of sp³-hybridized carbons (Fsp3) is 0.364. The number of nitrogens with two attached hydrogens (primary N) is 2. The summed E-state index contributed by atoms with van der Waals surface area (Å²) in [5, 5.41) is 3.83. The van der Waals surface area contributed by atoms with Crippen molar-refractivity contribution in [3.8, 4) is 0 Å². The lowest BCUT2D eigenvalue weighted by atomic mass is 10.0. The maximum absolute atomic E-state index is 12.6. The molecule has 3 heterocycles. The molecule has 152 valence electrons. The lowest BCUT2D eigenvalue weighted by Crippen LogP contribution is -2.39. The number of nitrogen functional groups attached to an aromatic ring is 1. The smallest absolute Gasteiger partial charge is 0.263 e. The molecule has 1 aliphatic rings. The van der Waals surface area contributed by atoms with Crippen LogP contribution in [-0.2, 0) is 6.42 Å². The van der Waals surface area contributed by atoms with Crippen molar-refractivity contribution in [3.63, 3.8) is 0 Å². The van der Waals surface area contributed by atoms with Crippen molar-refractivity contribution in [1.29, 1.82) is 0 Å². The molecule has 1 saturated heterocycles. The van der Waals surface area contributed by atoms with Crippen molar-refractivity contribution in [3.05, 3.63) is 52.5 Å². The summed E-state index contributed by atoms with van der Waals surface area (Å²) in [7, 11) is 0. The van der Waals surface area contributed by atoms with E-state index in [9.17, 15) is 4.79 Å². The average Bonchev–Trinajstić information content (AvgIpc) is 3.05. The first-order valence-corrected chi connectivity index (χ1v) is 10.9. The predicted octanol–water partition coefficient (Wildman–Crippen LogP) is 3.09. The van der Waals surface area contributed by atoms with E-state index in [2.05, 4.69) is 39.5 Å². The number of aryl methyl sites for hydroxylation is 1. The number of carbonyl (C=O) groups excluding carboxylic acids is 1. The summed E-state index contributed by atoms with van der Waals surface area (Å²) in [6, 6.07) is 12.8. The SMILES string of the molecule is Cc1ccc2c(N)c(C(=O)NCCc3ccc(N4CCC(N)CC4)cc3)sc2n1. The molecule has 1 aromatic carbocycles. The molecule has 5 N–H and O–H groups in total. The van der Waals surface area contributed by atoms with E-state index >= 15 is 0 Å². The number of nitrogens with zero attached hydrogens (tertiary/aromatic N) is 2. The zero-order valence-electron chi connectivity index (χ0n) is 16.6. The molecule has 1 fully saturated rings. The lowest BCUT2D eigenvalue weighted by molar-refractivity contribution is 0.0959. The van der Waals surface area contributed by atoms with E-state index in [-0.39, 0.29) is 5.91 Å². The Labute approximate surface area is 174 Å². The van der Waals surface area contributed by atoms with Gasteiger partial charge >= 0.3 is 0 Å². The Bertz CT molecular complexity index is 1010. The highest BCUT2D eigenvalue weighted by atomic mass is 32.1. The fourth-order valence-corrected chi connectivity index (χ4v) is 4.75. The molecule has 1 amide bonds. The van der Waals surface area contributed by atoms with Gasteiger partial charge in [0, 0.05) is 42.4 Å². The van der Waals surface area contributed by atoms with Crippen LogP contribution in [0, 0.1) is 6.92 Å². The van der Waals surface area contributed by atoms with Crippen LogP contribution < -0.4 is 21.7 Å². The van der Waals surface area contributed by atoms with Crippen molar-refractivity contribution in [1.82, 2.24) is 10.3 Å². The van der Waals surface area contributed by atoms with Crippen LogP contribution in [0.1, 0.15) is 33.8 Å². The zero-order chi connectivity index (χ0) is 20.4. The molecule has 0 radical (unpaired) electrons. The van der Waals surface area contributed by atoms with Crippen molar-refractivity contribution in [2.75, 3.05) is 30.3 Å². The van der Waals surface area contributed by atoms with Crippen molar-refractivity contribution < 1.29 is 4.79 Å². The second-order valence-electron chi connectivity index (χ2n) is 7.65. The van der Waals surface area contributed by atoms with E-state index in [1.165, 1.54) is 22.6 Å². The zero-order valence-corrected chi connectivity index (χ0v) is 17.5. The van der Waals surface area contributed by atoms with E-state index in [0.717, 1.165) is 48.3 Å². The van der Waals surface area contributed by atoms with Gasteiger partial charge in [0.25, 0.3) is 5.91 Å². The molecule has 3 aromatic rings. The Morgan fingerprint density at radius 1 is 1.21 bits per heavy atom. The first-order chi connectivity index (χ1) is 14.0.